The number of aliphatic hydroxyl groups is 1. The summed E-state index contributed by atoms with van der Waals surface area (Å²) in [6, 6.07) is 16.0. The molecule has 1 unspecified atom stereocenters. The zero-order valence-electron chi connectivity index (χ0n) is 14.0. The standard InChI is InChI=1S/C20H24N2O2/c1-15-5-2-6-16(11-15)13-21-18-8-3-7-17(12-18)20(24)22-10-4-9-19(23)14-22/h2-3,5-8,11-12,19,21,23H,4,9-10,13-14H2,1H3. The minimum absolute atomic E-state index is 0.00652. The zero-order chi connectivity index (χ0) is 16.9. The van der Waals surface area contributed by atoms with Gasteiger partial charge in [0.1, 0.15) is 0 Å². The molecule has 24 heavy (non-hydrogen) atoms. The normalized spacial score (nSPS) is 17.6. The first-order valence-corrected chi connectivity index (χ1v) is 8.48. The minimum Gasteiger partial charge on any atom is -0.391 e. The van der Waals surface area contributed by atoms with Gasteiger partial charge in [-0.15, -0.1) is 0 Å². The Balaban J connectivity index is 1.66. The van der Waals surface area contributed by atoms with Crippen LogP contribution in [0.2, 0.25) is 0 Å². The van der Waals surface area contributed by atoms with Crippen molar-refractivity contribution in [1.82, 2.24) is 4.90 Å². The molecule has 1 amide bonds. The number of β-amino-alcohol motifs (C(OH)–C–C–N with tert-alkyl or cyclic N) is 1. The molecule has 3 rings (SSSR count). The van der Waals surface area contributed by atoms with Crippen molar-refractivity contribution in [2.24, 2.45) is 0 Å². The number of rotatable bonds is 4. The molecular weight excluding hydrogens is 300 g/mol. The molecule has 0 aromatic heterocycles. The average Bonchev–Trinajstić information content (AvgIpc) is 2.60. The van der Waals surface area contributed by atoms with E-state index in [0.717, 1.165) is 31.6 Å². The van der Waals surface area contributed by atoms with Crippen molar-refractivity contribution in [2.75, 3.05) is 18.4 Å². The van der Waals surface area contributed by atoms with Gasteiger partial charge in [0.25, 0.3) is 5.91 Å². The second kappa shape index (κ2) is 7.49. The second-order valence-corrected chi connectivity index (χ2v) is 6.47. The fourth-order valence-electron chi connectivity index (χ4n) is 3.11. The molecule has 0 saturated carbocycles. The predicted molar refractivity (Wildman–Crippen MR) is 96.1 cm³/mol. The highest BCUT2D eigenvalue weighted by Gasteiger charge is 2.23. The summed E-state index contributed by atoms with van der Waals surface area (Å²) in [5, 5.41) is 13.1. The monoisotopic (exact) mass is 324 g/mol. The maximum atomic E-state index is 12.6. The predicted octanol–water partition coefficient (Wildman–Crippen LogP) is 3.20. The Morgan fingerprint density at radius 3 is 2.88 bits per heavy atom. The lowest BCUT2D eigenvalue weighted by molar-refractivity contribution is 0.0474. The van der Waals surface area contributed by atoms with Crippen LogP contribution >= 0.6 is 0 Å². The van der Waals surface area contributed by atoms with Gasteiger partial charge in [-0.3, -0.25) is 4.79 Å². The minimum atomic E-state index is -0.398. The van der Waals surface area contributed by atoms with Crippen LogP contribution in [0.1, 0.15) is 34.3 Å². The summed E-state index contributed by atoms with van der Waals surface area (Å²) in [6.07, 6.45) is 1.24. The molecule has 126 valence electrons. The van der Waals surface area contributed by atoms with E-state index in [4.69, 9.17) is 0 Å². The van der Waals surface area contributed by atoms with E-state index in [2.05, 4.69) is 30.4 Å². The molecule has 0 radical (unpaired) electrons. The summed E-state index contributed by atoms with van der Waals surface area (Å²) in [7, 11) is 0. The lowest BCUT2D eigenvalue weighted by atomic mass is 10.1. The number of hydrogen-bond donors (Lipinski definition) is 2. The molecule has 1 aliphatic rings. The lowest BCUT2D eigenvalue weighted by Crippen LogP contribution is -2.42. The molecule has 2 aromatic carbocycles. The van der Waals surface area contributed by atoms with Gasteiger partial charge in [-0.1, -0.05) is 35.9 Å². The molecule has 0 bridgehead atoms. The number of aliphatic hydroxyl groups excluding tert-OH is 1. The van der Waals surface area contributed by atoms with Crippen molar-refractivity contribution in [3.8, 4) is 0 Å². The molecule has 1 saturated heterocycles. The maximum Gasteiger partial charge on any atom is 0.254 e. The number of hydrogen-bond acceptors (Lipinski definition) is 3. The highest BCUT2D eigenvalue weighted by atomic mass is 16.3. The smallest absolute Gasteiger partial charge is 0.254 e. The Hall–Kier alpha value is -2.33. The van der Waals surface area contributed by atoms with Crippen LogP contribution in [-0.4, -0.2) is 35.1 Å². The average molecular weight is 324 g/mol. The Bertz CT molecular complexity index is 714. The molecule has 4 nitrogen and oxygen atoms in total. The van der Waals surface area contributed by atoms with Crippen molar-refractivity contribution >= 4 is 11.6 Å². The van der Waals surface area contributed by atoms with E-state index in [1.54, 1.807) is 4.90 Å². The van der Waals surface area contributed by atoms with Crippen molar-refractivity contribution in [3.63, 3.8) is 0 Å². The molecule has 1 aliphatic heterocycles. The van der Waals surface area contributed by atoms with Crippen LogP contribution in [0.3, 0.4) is 0 Å². The zero-order valence-corrected chi connectivity index (χ0v) is 14.0. The molecule has 1 heterocycles. The van der Waals surface area contributed by atoms with Crippen LogP contribution in [0.5, 0.6) is 0 Å². The SMILES string of the molecule is Cc1cccc(CNc2cccc(C(=O)N3CCCC(O)C3)c2)c1. The number of aryl methyl sites for hydroxylation is 1. The number of likely N-dealkylation sites (tertiary alicyclic amines) is 1. The number of nitrogens with one attached hydrogen (secondary N) is 1. The summed E-state index contributed by atoms with van der Waals surface area (Å²) < 4.78 is 0. The van der Waals surface area contributed by atoms with Crippen molar-refractivity contribution in [1.29, 1.82) is 0 Å². The Labute approximate surface area is 143 Å². The van der Waals surface area contributed by atoms with Gasteiger partial charge in [-0.2, -0.15) is 0 Å². The first-order valence-electron chi connectivity index (χ1n) is 8.48. The third kappa shape index (κ3) is 4.15. The van der Waals surface area contributed by atoms with Gasteiger partial charge in [0.15, 0.2) is 0 Å². The van der Waals surface area contributed by atoms with Crippen LogP contribution in [0.15, 0.2) is 48.5 Å². The molecule has 2 aromatic rings. The number of anilines is 1. The summed E-state index contributed by atoms with van der Waals surface area (Å²) in [6.45, 7) is 3.95. The van der Waals surface area contributed by atoms with E-state index in [9.17, 15) is 9.90 Å². The van der Waals surface area contributed by atoms with Crippen molar-refractivity contribution in [2.45, 2.75) is 32.4 Å². The second-order valence-electron chi connectivity index (χ2n) is 6.47. The van der Waals surface area contributed by atoms with Gasteiger partial charge in [0, 0.05) is 30.9 Å². The fraction of sp³-hybridized carbons (Fsp3) is 0.350. The summed E-state index contributed by atoms with van der Waals surface area (Å²) >= 11 is 0. The quantitative estimate of drug-likeness (QED) is 0.908. The number of piperidine rings is 1. The van der Waals surface area contributed by atoms with E-state index >= 15 is 0 Å². The summed E-state index contributed by atoms with van der Waals surface area (Å²) in [5.41, 5.74) is 4.05. The van der Waals surface area contributed by atoms with Crippen LogP contribution in [0.25, 0.3) is 0 Å². The Morgan fingerprint density at radius 1 is 1.25 bits per heavy atom. The number of carbonyl (C=O) groups is 1. The van der Waals surface area contributed by atoms with Crippen LogP contribution < -0.4 is 5.32 Å². The Kier molecular flexibility index (Phi) is 5.16. The molecule has 1 fully saturated rings. The largest absolute Gasteiger partial charge is 0.391 e. The number of amides is 1. The van der Waals surface area contributed by atoms with E-state index in [1.807, 2.05) is 30.3 Å². The molecular formula is C20H24N2O2. The van der Waals surface area contributed by atoms with E-state index < -0.39 is 6.10 Å². The first-order chi connectivity index (χ1) is 11.6. The Morgan fingerprint density at radius 2 is 2.08 bits per heavy atom. The van der Waals surface area contributed by atoms with Crippen LogP contribution in [0.4, 0.5) is 5.69 Å². The fourth-order valence-corrected chi connectivity index (χ4v) is 3.11. The first kappa shape index (κ1) is 16.5. The van der Waals surface area contributed by atoms with Gasteiger partial charge >= 0.3 is 0 Å². The third-order valence-corrected chi connectivity index (χ3v) is 4.37. The maximum absolute atomic E-state index is 12.6. The molecule has 2 N–H and O–H groups in total. The molecule has 0 spiro atoms. The highest BCUT2D eigenvalue weighted by molar-refractivity contribution is 5.95. The van der Waals surface area contributed by atoms with Gasteiger partial charge in [0.2, 0.25) is 0 Å². The van der Waals surface area contributed by atoms with Crippen molar-refractivity contribution in [3.05, 3.63) is 65.2 Å². The molecule has 1 atom stereocenters. The van der Waals surface area contributed by atoms with E-state index in [0.29, 0.717) is 12.1 Å². The van der Waals surface area contributed by atoms with E-state index in [1.165, 1.54) is 11.1 Å². The number of benzene rings is 2. The van der Waals surface area contributed by atoms with Crippen molar-refractivity contribution < 1.29 is 9.90 Å². The van der Waals surface area contributed by atoms with Crippen LogP contribution in [-0.2, 0) is 6.54 Å². The van der Waals surface area contributed by atoms with Gasteiger partial charge in [-0.25, -0.2) is 0 Å². The lowest BCUT2D eigenvalue weighted by Gasteiger charge is -2.30. The number of nitrogens with zero attached hydrogens (tertiary/aromatic N) is 1. The molecule has 0 aliphatic carbocycles. The highest BCUT2D eigenvalue weighted by Crippen LogP contribution is 2.17. The van der Waals surface area contributed by atoms with Gasteiger partial charge in [-0.05, 0) is 43.5 Å². The summed E-state index contributed by atoms with van der Waals surface area (Å²) in [5.74, 6) is -0.00652. The summed E-state index contributed by atoms with van der Waals surface area (Å²) in [4.78, 5) is 14.3. The number of carbonyl (C=O) groups excluding carboxylic acids is 1. The third-order valence-electron chi connectivity index (χ3n) is 4.37. The van der Waals surface area contributed by atoms with Gasteiger partial charge < -0.3 is 15.3 Å². The van der Waals surface area contributed by atoms with E-state index in [-0.39, 0.29) is 5.91 Å². The molecule has 4 heteroatoms. The van der Waals surface area contributed by atoms with Gasteiger partial charge in [0.05, 0.1) is 6.10 Å². The topological polar surface area (TPSA) is 52.6 Å². The van der Waals surface area contributed by atoms with Crippen LogP contribution in [0, 0.1) is 6.92 Å².